The molecule has 0 bridgehead atoms. The average Bonchev–Trinajstić information content (AvgIpc) is 3.15. The minimum Gasteiger partial charge on any atom is -0.455 e. The Morgan fingerprint density at radius 2 is 1.90 bits per heavy atom. The third-order valence-corrected chi connectivity index (χ3v) is 5.32. The fourth-order valence-corrected chi connectivity index (χ4v) is 3.76. The molecule has 2 aromatic heterocycles. The molecular formula is C24H24N4O3. The molecule has 0 saturated carbocycles. The molecule has 4 rings (SSSR count). The highest BCUT2D eigenvalue weighted by molar-refractivity contribution is 6.07. The molecule has 31 heavy (non-hydrogen) atoms. The molecule has 0 spiro atoms. The molecule has 1 N–H and O–H groups in total. The van der Waals surface area contributed by atoms with Crippen molar-refractivity contribution in [2.24, 2.45) is 5.10 Å². The monoisotopic (exact) mass is 416 g/mol. The van der Waals surface area contributed by atoms with Crippen LogP contribution < -0.4 is 5.43 Å². The number of hydrogen-bond acceptors (Lipinski definition) is 5. The minimum atomic E-state index is -0.375. The van der Waals surface area contributed by atoms with Crippen LogP contribution in [-0.4, -0.2) is 34.5 Å². The number of aryl methyl sites for hydroxylation is 1. The van der Waals surface area contributed by atoms with Crippen LogP contribution in [0.4, 0.5) is 0 Å². The third kappa shape index (κ3) is 4.40. The number of nitrogens with one attached hydrogen (secondary N) is 1. The predicted molar refractivity (Wildman–Crippen MR) is 117 cm³/mol. The number of furan rings is 1. The molecule has 0 saturated heterocycles. The summed E-state index contributed by atoms with van der Waals surface area (Å²) in [6.45, 7) is 2.36. The minimum absolute atomic E-state index is 0.173. The summed E-state index contributed by atoms with van der Waals surface area (Å²) in [7, 11) is 1.76. The van der Waals surface area contributed by atoms with Gasteiger partial charge in [0.05, 0.1) is 5.71 Å². The highest BCUT2D eigenvalue weighted by Gasteiger charge is 2.29. The van der Waals surface area contributed by atoms with Gasteiger partial charge in [0.25, 0.3) is 11.8 Å². The maximum Gasteiger partial charge on any atom is 0.289 e. The van der Waals surface area contributed by atoms with Crippen LogP contribution in [0.15, 0.2) is 64.2 Å². The Morgan fingerprint density at radius 3 is 2.65 bits per heavy atom. The molecule has 0 unspecified atom stereocenters. The van der Waals surface area contributed by atoms with Gasteiger partial charge in [0.15, 0.2) is 5.76 Å². The van der Waals surface area contributed by atoms with Gasteiger partial charge in [-0.1, -0.05) is 36.4 Å². The van der Waals surface area contributed by atoms with Gasteiger partial charge in [0, 0.05) is 37.3 Å². The van der Waals surface area contributed by atoms with E-state index in [1.54, 1.807) is 36.3 Å². The van der Waals surface area contributed by atoms with E-state index in [0.717, 1.165) is 41.0 Å². The Bertz CT molecular complexity index is 1120. The number of aromatic nitrogens is 1. The fraction of sp³-hybridized carbons (Fsp3) is 0.250. The molecule has 2 heterocycles. The van der Waals surface area contributed by atoms with Gasteiger partial charge < -0.3 is 9.32 Å². The number of hydrazone groups is 1. The zero-order chi connectivity index (χ0) is 21.8. The first kappa shape index (κ1) is 20.5. The van der Waals surface area contributed by atoms with Crippen molar-refractivity contribution in [1.82, 2.24) is 15.3 Å². The Balaban J connectivity index is 1.55. The highest BCUT2D eigenvalue weighted by atomic mass is 16.4. The lowest BCUT2D eigenvalue weighted by Crippen LogP contribution is -2.26. The van der Waals surface area contributed by atoms with Crippen LogP contribution in [0.2, 0.25) is 0 Å². The second-order valence-corrected chi connectivity index (χ2v) is 7.57. The Labute approximate surface area is 180 Å². The number of rotatable bonds is 5. The second-order valence-electron chi connectivity index (χ2n) is 7.57. The number of hydrogen-bond donors (Lipinski definition) is 1. The SMILES string of the molecule is Cc1c(C(=O)N(C)Cc2ccccc2)oc2c1/C(=N/NC(=O)c1ccccn1)CCC2. The number of amides is 2. The Morgan fingerprint density at radius 1 is 1.13 bits per heavy atom. The van der Waals surface area contributed by atoms with Crippen LogP contribution in [-0.2, 0) is 13.0 Å². The summed E-state index contributed by atoms with van der Waals surface area (Å²) in [6.07, 6.45) is 3.83. The first-order chi connectivity index (χ1) is 15.0. The lowest BCUT2D eigenvalue weighted by atomic mass is 9.93. The molecule has 0 fully saturated rings. The van der Waals surface area contributed by atoms with Gasteiger partial charge in [0.2, 0.25) is 0 Å². The topological polar surface area (TPSA) is 87.8 Å². The van der Waals surface area contributed by atoms with E-state index in [1.807, 2.05) is 37.3 Å². The van der Waals surface area contributed by atoms with E-state index in [0.29, 0.717) is 24.4 Å². The van der Waals surface area contributed by atoms with Crippen LogP contribution >= 0.6 is 0 Å². The zero-order valence-corrected chi connectivity index (χ0v) is 17.6. The highest BCUT2D eigenvalue weighted by Crippen LogP contribution is 2.30. The summed E-state index contributed by atoms with van der Waals surface area (Å²) in [6, 6.07) is 14.9. The van der Waals surface area contributed by atoms with Crippen molar-refractivity contribution in [2.45, 2.75) is 32.7 Å². The maximum absolute atomic E-state index is 13.1. The van der Waals surface area contributed by atoms with Crippen molar-refractivity contribution in [3.8, 4) is 0 Å². The Kier molecular flexibility index (Phi) is 5.93. The van der Waals surface area contributed by atoms with Crippen LogP contribution in [0.25, 0.3) is 0 Å². The number of benzene rings is 1. The van der Waals surface area contributed by atoms with E-state index < -0.39 is 0 Å². The second kappa shape index (κ2) is 8.95. The van der Waals surface area contributed by atoms with Gasteiger partial charge in [0.1, 0.15) is 11.5 Å². The normalized spacial score (nSPS) is 14.2. The lowest BCUT2D eigenvalue weighted by Gasteiger charge is -2.16. The number of nitrogens with zero attached hydrogens (tertiary/aromatic N) is 3. The number of pyridine rings is 1. The van der Waals surface area contributed by atoms with E-state index in [1.165, 1.54) is 0 Å². The molecule has 1 aromatic carbocycles. The fourth-order valence-electron chi connectivity index (χ4n) is 3.76. The smallest absolute Gasteiger partial charge is 0.289 e. The quantitative estimate of drug-likeness (QED) is 0.642. The molecule has 1 aliphatic rings. The van der Waals surface area contributed by atoms with Crippen molar-refractivity contribution in [3.63, 3.8) is 0 Å². The molecule has 0 atom stereocenters. The third-order valence-electron chi connectivity index (χ3n) is 5.32. The molecule has 2 amide bonds. The summed E-state index contributed by atoms with van der Waals surface area (Å²) in [5, 5.41) is 4.34. The van der Waals surface area contributed by atoms with E-state index in [4.69, 9.17) is 4.42 Å². The summed E-state index contributed by atoms with van der Waals surface area (Å²) in [5.74, 6) is 0.521. The van der Waals surface area contributed by atoms with Gasteiger partial charge in [-0.2, -0.15) is 5.10 Å². The van der Waals surface area contributed by atoms with Crippen molar-refractivity contribution < 1.29 is 14.0 Å². The molecule has 7 nitrogen and oxygen atoms in total. The predicted octanol–water partition coefficient (Wildman–Crippen LogP) is 3.73. The van der Waals surface area contributed by atoms with Crippen LogP contribution in [0.5, 0.6) is 0 Å². The molecule has 1 aliphatic carbocycles. The van der Waals surface area contributed by atoms with E-state index >= 15 is 0 Å². The first-order valence-corrected chi connectivity index (χ1v) is 10.2. The first-order valence-electron chi connectivity index (χ1n) is 10.2. The standard InChI is InChI=1S/C24H24N4O3/c1-16-21-18(26-27-23(29)19-11-6-7-14-25-19)12-8-13-20(21)31-22(16)24(30)28(2)15-17-9-4-3-5-10-17/h3-7,9-11,14H,8,12-13,15H2,1-2H3,(H,27,29)/b26-18+. The largest absolute Gasteiger partial charge is 0.455 e. The van der Waals surface area contributed by atoms with Gasteiger partial charge in [-0.3, -0.25) is 14.6 Å². The molecule has 7 heteroatoms. The lowest BCUT2D eigenvalue weighted by molar-refractivity contribution is 0.0750. The summed E-state index contributed by atoms with van der Waals surface area (Å²) >= 11 is 0. The van der Waals surface area contributed by atoms with Crippen LogP contribution in [0, 0.1) is 6.92 Å². The zero-order valence-electron chi connectivity index (χ0n) is 17.6. The van der Waals surface area contributed by atoms with Crippen molar-refractivity contribution in [3.05, 3.63) is 88.6 Å². The summed E-state index contributed by atoms with van der Waals surface area (Å²) in [4.78, 5) is 31.0. The maximum atomic E-state index is 13.1. The van der Waals surface area contributed by atoms with Gasteiger partial charge >= 0.3 is 0 Å². The molecule has 0 radical (unpaired) electrons. The average molecular weight is 416 g/mol. The number of carbonyl (C=O) groups is 2. The van der Waals surface area contributed by atoms with Crippen molar-refractivity contribution in [1.29, 1.82) is 0 Å². The molecule has 158 valence electrons. The Hall–Kier alpha value is -3.74. The molecular weight excluding hydrogens is 392 g/mol. The van der Waals surface area contributed by atoms with Gasteiger partial charge in [-0.15, -0.1) is 0 Å². The summed E-state index contributed by atoms with van der Waals surface area (Å²) < 4.78 is 5.98. The summed E-state index contributed by atoms with van der Waals surface area (Å²) in [5.41, 5.74) is 6.22. The molecule has 0 aliphatic heterocycles. The number of fused-ring (bicyclic) bond motifs is 1. The van der Waals surface area contributed by atoms with E-state index in [2.05, 4.69) is 15.5 Å². The van der Waals surface area contributed by atoms with Gasteiger partial charge in [-0.25, -0.2) is 5.43 Å². The molecule has 3 aromatic rings. The van der Waals surface area contributed by atoms with E-state index in [9.17, 15) is 9.59 Å². The number of carbonyl (C=O) groups excluding carboxylic acids is 2. The van der Waals surface area contributed by atoms with Crippen LogP contribution in [0.3, 0.4) is 0 Å². The van der Waals surface area contributed by atoms with Crippen LogP contribution in [0.1, 0.15) is 56.3 Å². The van der Waals surface area contributed by atoms with Crippen molar-refractivity contribution in [2.75, 3.05) is 7.05 Å². The van der Waals surface area contributed by atoms with E-state index in [-0.39, 0.29) is 11.8 Å². The van der Waals surface area contributed by atoms with Crippen molar-refractivity contribution >= 4 is 17.5 Å². The van der Waals surface area contributed by atoms with Gasteiger partial charge in [-0.05, 0) is 37.5 Å².